The fourth-order valence-electron chi connectivity index (χ4n) is 3.44. The Balaban J connectivity index is 1.70. The number of aromatic nitrogens is 2. The van der Waals surface area contributed by atoms with E-state index in [0.29, 0.717) is 0 Å². The number of nitrogens with zero attached hydrogens (tertiary/aromatic N) is 3. The highest BCUT2D eigenvalue weighted by Gasteiger charge is 2.17. The van der Waals surface area contributed by atoms with E-state index < -0.39 is 0 Å². The van der Waals surface area contributed by atoms with Crippen LogP contribution in [0, 0.1) is 0 Å². The second kappa shape index (κ2) is 7.09. The lowest BCUT2D eigenvalue weighted by atomic mass is 10.1. The molecule has 1 aliphatic rings. The van der Waals surface area contributed by atoms with Crippen molar-refractivity contribution < 1.29 is 0 Å². The molecule has 0 saturated carbocycles. The molecule has 4 rings (SSSR count). The number of fused-ring (bicyclic) bond motifs is 1. The van der Waals surface area contributed by atoms with Crippen molar-refractivity contribution in [2.75, 3.05) is 23.3 Å². The lowest BCUT2D eigenvalue weighted by Crippen LogP contribution is -2.31. The van der Waals surface area contributed by atoms with E-state index in [1.807, 2.05) is 18.2 Å². The van der Waals surface area contributed by atoms with Crippen molar-refractivity contribution in [2.24, 2.45) is 0 Å². The predicted octanol–water partition coefficient (Wildman–Crippen LogP) is 4.79. The molecular weight excluding hydrogens is 308 g/mol. The van der Waals surface area contributed by atoms with Gasteiger partial charge >= 0.3 is 0 Å². The van der Waals surface area contributed by atoms with Gasteiger partial charge in [-0.25, -0.2) is 4.98 Å². The lowest BCUT2D eigenvalue weighted by molar-refractivity contribution is 0.569. The average Bonchev–Trinajstić information content (AvgIpc) is 2.69. The zero-order valence-corrected chi connectivity index (χ0v) is 14.7. The van der Waals surface area contributed by atoms with E-state index in [-0.39, 0.29) is 6.04 Å². The van der Waals surface area contributed by atoms with Gasteiger partial charge in [0.15, 0.2) is 0 Å². The number of benzene rings is 2. The van der Waals surface area contributed by atoms with Crippen LogP contribution in [0.25, 0.3) is 10.9 Å². The van der Waals surface area contributed by atoms with Crippen LogP contribution in [-0.2, 0) is 0 Å². The molecule has 2 heterocycles. The Kier molecular flexibility index (Phi) is 4.51. The molecule has 1 fully saturated rings. The third kappa shape index (κ3) is 3.43. The molecule has 1 aliphatic heterocycles. The average molecular weight is 332 g/mol. The maximum atomic E-state index is 4.89. The third-order valence-corrected chi connectivity index (χ3v) is 4.88. The fourth-order valence-corrected chi connectivity index (χ4v) is 3.44. The first-order valence-electron chi connectivity index (χ1n) is 9.14. The van der Waals surface area contributed by atoms with Gasteiger partial charge in [-0.1, -0.05) is 42.5 Å². The number of hydrogen-bond donors (Lipinski definition) is 1. The molecule has 1 N–H and O–H groups in total. The van der Waals surface area contributed by atoms with Crippen LogP contribution in [-0.4, -0.2) is 23.1 Å². The van der Waals surface area contributed by atoms with Gasteiger partial charge in [-0.15, -0.1) is 0 Å². The topological polar surface area (TPSA) is 41.1 Å². The molecule has 1 aromatic heterocycles. The quantitative estimate of drug-likeness (QED) is 0.745. The molecule has 1 atom stereocenters. The molecule has 0 unspecified atom stereocenters. The van der Waals surface area contributed by atoms with Crippen LogP contribution in [0.3, 0.4) is 0 Å². The number of anilines is 2. The second-order valence-electron chi connectivity index (χ2n) is 6.71. The molecular formula is C21H24N4. The summed E-state index contributed by atoms with van der Waals surface area (Å²) in [6.45, 7) is 4.27. The third-order valence-electron chi connectivity index (χ3n) is 4.88. The van der Waals surface area contributed by atoms with E-state index in [4.69, 9.17) is 9.97 Å². The maximum absolute atomic E-state index is 4.89. The van der Waals surface area contributed by atoms with E-state index in [1.54, 1.807) is 0 Å². The van der Waals surface area contributed by atoms with Crippen LogP contribution in [0.1, 0.15) is 37.8 Å². The Hall–Kier alpha value is -2.62. The molecule has 0 amide bonds. The van der Waals surface area contributed by atoms with Gasteiger partial charge in [-0.2, -0.15) is 4.98 Å². The minimum Gasteiger partial charge on any atom is -0.363 e. The number of para-hydroxylation sites is 1. The highest BCUT2D eigenvalue weighted by Crippen LogP contribution is 2.28. The van der Waals surface area contributed by atoms with Crippen molar-refractivity contribution in [3.63, 3.8) is 0 Å². The SMILES string of the molecule is C[C@@H](Nc1nc(N2CCCCC2)nc2ccccc12)c1ccccc1. The van der Waals surface area contributed by atoms with Gasteiger partial charge < -0.3 is 10.2 Å². The van der Waals surface area contributed by atoms with Crippen LogP contribution in [0.2, 0.25) is 0 Å². The predicted molar refractivity (Wildman–Crippen MR) is 104 cm³/mol. The van der Waals surface area contributed by atoms with Gasteiger partial charge in [0, 0.05) is 24.5 Å². The Bertz CT molecular complexity index is 841. The molecule has 3 aromatic rings. The van der Waals surface area contributed by atoms with Crippen LogP contribution < -0.4 is 10.2 Å². The highest BCUT2D eigenvalue weighted by atomic mass is 15.3. The van der Waals surface area contributed by atoms with Crippen molar-refractivity contribution in [2.45, 2.75) is 32.2 Å². The molecule has 4 nitrogen and oxygen atoms in total. The summed E-state index contributed by atoms with van der Waals surface area (Å²) in [5.74, 6) is 1.77. The van der Waals surface area contributed by atoms with Crippen molar-refractivity contribution in [1.82, 2.24) is 9.97 Å². The molecule has 128 valence electrons. The summed E-state index contributed by atoms with van der Waals surface area (Å²) in [7, 11) is 0. The number of rotatable bonds is 4. The fraction of sp³-hybridized carbons (Fsp3) is 0.333. The van der Waals surface area contributed by atoms with E-state index in [1.165, 1.54) is 24.8 Å². The van der Waals surface area contributed by atoms with Crippen molar-refractivity contribution >= 4 is 22.7 Å². The Morgan fingerprint density at radius 2 is 1.60 bits per heavy atom. The Morgan fingerprint density at radius 3 is 2.40 bits per heavy atom. The minimum atomic E-state index is 0.189. The minimum absolute atomic E-state index is 0.189. The van der Waals surface area contributed by atoms with Gasteiger partial charge in [0.2, 0.25) is 5.95 Å². The molecule has 0 radical (unpaired) electrons. The Morgan fingerprint density at radius 1 is 0.880 bits per heavy atom. The van der Waals surface area contributed by atoms with Crippen LogP contribution in [0.5, 0.6) is 0 Å². The zero-order valence-electron chi connectivity index (χ0n) is 14.7. The summed E-state index contributed by atoms with van der Waals surface area (Å²) in [4.78, 5) is 12.0. The first-order valence-corrected chi connectivity index (χ1v) is 9.14. The van der Waals surface area contributed by atoms with Gasteiger partial charge in [0.1, 0.15) is 5.82 Å². The number of hydrogen-bond acceptors (Lipinski definition) is 4. The molecule has 1 saturated heterocycles. The molecule has 0 aliphatic carbocycles. The maximum Gasteiger partial charge on any atom is 0.227 e. The summed E-state index contributed by atoms with van der Waals surface area (Å²) >= 11 is 0. The zero-order chi connectivity index (χ0) is 17.1. The van der Waals surface area contributed by atoms with Crippen molar-refractivity contribution in [3.8, 4) is 0 Å². The largest absolute Gasteiger partial charge is 0.363 e. The van der Waals surface area contributed by atoms with Crippen molar-refractivity contribution in [3.05, 3.63) is 60.2 Å². The first-order chi connectivity index (χ1) is 12.3. The molecule has 2 aromatic carbocycles. The van der Waals surface area contributed by atoms with Crippen molar-refractivity contribution in [1.29, 1.82) is 0 Å². The Labute approximate surface area is 148 Å². The summed E-state index contributed by atoms with van der Waals surface area (Å²) in [6.07, 6.45) is 3.75. The van der Waals surface area contributed by atoms with E-state index in [9.17, 15) is 0 Å². The van der Waals surface area contributed by atoms with Gasteiger partial charge in [-0.05, 0) is 43.9 Å². The molecule has 25 heavy (non-hydrogen) atoms. The van der Waals surface area contributed by atoms with E-state index in [0.717, 1.165) is 35.8 Å². The van der Waals surface area contributed by atoms with Gasteiger partial charge in [0.25, 0.3) is 0 Å². The first kappa shape index (κ1) is 15.9. The van der Waals surface area contributed by atoms with Crippen LogP contribution in [0.15, 0.2) is 54.6 Å². The summed E-state index contributed by atoms with van der Waals surface area (Å²) < 4.78 is 0. The summed E-state index contributed by atoms with van der Waals surface area (Å²) in [6, 6.07) is 18.9. The normalized spacial score (nSPS) is 16.0. The summed E-state index contributed by atoms with van der Waals surface area (Å²) in [5, 5.41) is 4.68. The lowest BCUT2D eigenvalue weighted by Gasteiger charge is -2.27. The second-order valence-corrected chi connectivity index (χ2v) is 6.71. The summed E-state index contributed by atoms with van der Waals surface area (Å²) in [5.41, 5.74) is 2.26. The molecule has 0 bridgehead atoms. The molecule has 0 spiro atoms. The number of nitrogens with one attached hydrogen (secondary N) is 1. The van der Waals surface area contributed by atoms with E-state index >= 15 is 0 Å². The van der Waals surface area contributed by atoms with Crippen LogP contribution in [0.4, 0.5) is 11.8 Å². The highest BCUT2D eigenvalue weighted by molar-refractivity contribution is 5.90. The van der Waals surface area contributed by atoms with Gasteiger partial charge in [0.05, 0.1) is 5.52 Å². The number of piperidine rings is 1. The monoisotopic (exact) mass is 332 g/mol. The van der Waals surface area contributed by atoms with Crippen LogP contribution >= 0.6 is 0 Å². The van der Waals surface area contributed by atoms with Gasteiger partial charge in [-0.3, -0.25) is 0 Å². The smallest absolute Gasteiger partial charge is 0.227 e. The molecule has 4 heteroatoms. The van der Waals surface area contributed by atoms with E-state index in [2.05, 4.69) is 53.5 Å². The standard InChI is InChI=1S/C21H24N4/c1-16(17-10-4-2-5-11-17)22-20-18-12-6-7-13-19(18)23-21(24-20)25-14-8-3-9-15-25/h2,4-7,10-13,16H,3,8-9,14-15H2,1H3,(H,22,23,24)/t16-/m1/s1.